The summed E-state index contributed by atoms with van der Waals surface area (Å²) >= 11 is 3.65. The standard InChI is InChI=1S/C17H20BrNO/c1-11-5-7-15(18)13(9-11)17(19-3)14-10-12(2)6-8-16(14)20-4/h5-10,17,19H,1-4H3. The largest absolute Gasteiger partial charge is 0.496 e. The Bertz CT molecular complexity index is 610. The average Bonchev–Trinajstić information content (AvgIpc) is 2.44. The first-order chi connectivity index (χ1) is 9.56. The molecule has 2 aromatic carbocycles. The van der Waals surface area contributed by atoms with Crippen molar-refractivity contribution in [2.75, 3.05) is 14.2 Å². The summed E-state index contributed by atoms with van der Waals surface area (Å²) in [6, 6.07) is 12.8. The summed E-state index contributed by atoms with van der Waals surface area (Å²) in [7, 11) is 3.69. The van der Waals surface area contributed by atoms with Crippen LogP contribution >= 0.6 is 15.9 Å². The fourth-order valence-electron chi connectivity index (χ4n) is 2.44. The van der Waals surface area contributed by atoms with E-state index in [-0.39, 0.29) is 6.04 Å². The smallest absolute Gasteiger partial charge is 0.123 e. The second kappa shape index (κ2) is 6.42. The van der Waals surface area contributed by atoms with Crippen molar-refractivity contribution >= 4 is 15.9 Å². The van der Waals surface area contributed by atoms with Gasteiger partial charge in [0.1, 0.15) is 5.75 Å². The van der Waals surface area contributed by atoms with Crippen LogP contribution in [-0.2, 0) is 0 Å². The molecule has 0 saturated heterocycles. The quantitative estimate of drug-likeness (QED) is 0.896. The van der Waals surface area contributed by atoms with E-state index in [4.69, 9.17) is 4.74 Å². The van der Waals surface area contributed by atoms with E-state index in [1.165, 1.54) is 16.7 Å². The highest BCUT2D eigenvalue weighted by Gasteiger charge is 2.19. The van der Waals surface area contributed by atoms with Gasteiger partial charge in [0.25, 0.3) is 0 Å². The summed E-state index contributed by atoms with van der Waals surface area (Å²) < 4.78 is 6.62. The van der Waals surface area contributed by atoms with Gasteiger partial charge < -0.3 is 10.1 Å². The third-order valence-corrected chi connectivity index (χ3v) is 4.17. The molecular formula is C17H20BrNO. The Morgan fingerprint density at radius 1 is 1.00 bits per heavy atom. The molecule has 0 aliphatic heterocycles. The van der Waals surface area contributed by atoms with E-state index in [1.807, 2.05) is 13.1 Å². The van der Waals surface area contributed by atoms with E-state index in [0.717, 1.165) is 15.8 Å². The van der Waals surface area contributed by atoms with E-state index in [9.17, 15) is 0 Å². The molecule has 0 saturated carbocycles. The SMILES string of the molecule is CNC(c1cc(C)ccc1Br)c1cc(C)ccc1OC. The van der Waals surface area contributed by atoms with Crippen molar-refractivity contribution in [2.45, 2.75) is 19.9 Å². The van der Waals surface area contributed by atoms with Crippen LogP contribution in [-0.4, -0.2) is 14.2 Å². The van der Waals surface area contributed by atoms with E-state index < -0.39 is 0 Å². The minimum absolute atomic E-state index is 0.0964. The lowest BCUT2D eigenvalue weighted by atomic mass is 9.95. The maximum absolute atomic E-state index is 5.52. The molecule has 0 fully saturated rings. The number of rotatable bonds is 4. The molecule has 0 amide bonds. The molecule has 0 aromatic heterocycles. The second-order valence-electron chi connectivity index (χ2n) is 4.99. The van der Waals surface area contributed by atoms with Gasteiger partial charge in [0.05, 0.1) is 13.2 Å². The van der Waals surface area contributed by atoms with Crippen LogP contribution in [0.4, 0.5) is 0 Å². The predicted molar refractivity (Wildman–Crippen MR) is 87.5 cm³/mol. The molecule has 0 spiro atoms. The fourth-order valence-corrected chi connectivity index (χ4v) is 2.92. The molecule has 20 heavy (non-hydrogen) atoms. The number of hydrogen-bond donors (Lipinski definition) is 1. The third-order valence-electron chi connectivity index (χ3n) is 3.45. The van der Waals surface area contributed by atoms with Crippen LogP contribution in [0, 0.1) is 13.8 Å². The zero-order valence-electron chi connectivity index (χ0n) is 12.3. The Hall–Kier alpha value is -1.32. The number of aryl methyl sites for hydroxylation is 2. The first-order valence-electron chi connectivity index (χ1n) is 6.64. The van der Waals surface area contributed by atoms with Crippen molar-refractivity contribution in [1.29, 1.82) is 0 Å². The summed E-state index contributed by atoms with van der Waals surface area (Å²) in [4.78, 5) is 0. The lowest BCUT2D eigenvalue weighted by molar-refractivity contribution is 0.405. The zero-order chi connectivity index (χ0) is 14.7. The van der Waals surface area contributed by atoms with Gasteiger partial charge in [-0.2, -0.15) is 0 Å². The molecule has 1 unspecified atom stereocenters. The monoisotopic (exact) mass is 333 g/mol. The summed E-state index contributed by atoms with van der Waals surface area (Å²) in [6.07, 6.45) is 0. The number of methoxy groups -OCH3 is 1. The summed E-state index contributed by atoms with van der Waals surface area (Å²) in [6.45, 7) is 4.21. The molecule has 0 aliphatic carbocycles. The maximum Gasteiger partial charge on any atom is 0.123 e. The van der Waals surface area contributed by atoms with E-state index >= 15 is 0 Å². The van der Waals surface area contributed by atoms with Crippen molar-refractivity contribution in [3.8, 4) is 5.75 Å². The number of benzene rings is 2. The molecule has 0 radical (unpaired) electrons. The molecule has 2 rings (SSSR count). The Kier molecular flexibility index (Phi) is 4.84. The van der Waals surface area contributed by atoms with Gasteiger partial charge in [0, 0.05) is 10.0 Å². The van der Waals surface area contributed by atoms with Crippen LogP contribution in [0.2, 0.25) is 0 Å². The van der Waals surface area contributed by atoms with Crippen molar-refractivity contribution in [2.24, 2.45) is 0 Å². The highest BCUT2D eigenvalue weighted by atomic mass is 79.9. The molecule has 106 valence electrons. The summed E-state index contributed by atoms with van der Waals surface area (Å²) in [5.41, 5.74) is 4.84. The molecule has 0 heterocycles. The lowest BCUT2D eigenvalue weighted by Gasteiger charge is -2.22. The molecule has 1 N–H and O–H groups in total. The molecule has 3 heteroatoms. The first kappa shape index (κ1) is 15.1. The highest BCUT2D eigenvalue weighted by molar-refractivity contribution is 9.10. The van der Waals surface area contributed by atoms with Gasteiger partial charge in [-0.05, 0) is 38.6 Å². The van der Waals surface area contributed by atoms with E-state index in [0.29, 0.717) is 0 Å². The minimum atomic E-state index is 0.0964. The van der Waals surface area contributed by atoms with E-state index in [2.05, 4.69) is 65.4 Å². The van der Waals surface area contributed by atoms with Crippen molar-refractivity contribution in [3.63, 3.8) is 0 Å². The predicted octanol–water partition coefficient (Wildman–Crippen LogP) is 4.38. The van der Waals surface area contributed by atoms with Gasteiger partial charge in [-0.1, -0.05) is 51.3 Å². The van der Waals surface area contributed by atoms with Crippen LogP contribution in [0.3, 0.4) is 0 Å². The van der Waals surface area contributed by atoms with Gasteiger partial charge in [-0.3, -0.25) is 0 Å². The molecule has 2 aromatic rings. The maximum atomic E-state index is 5.52. The van der Waals surface area contributed by atoms with Gasteiger partial charge in [0.15, 0.2) is 0 Å². The minimum Gasteiger partial charge on any atom is -0.496 e. The average molecular weight is 334 g/mol. The number of nitrogens with one attached hydrogen (secondary N) is 1. The molecule has 0 bridgehead atoms. The Labute approximate surface area is 129 Å². The summed E-state index contributed by atoms with van der Waals surface area (Å²) in [5, 5.41) is 3.39. The lowest BCUT2D eigenvalue weighted by Crippen LogP contribution is -2.19. The molecule has 1 atom stereocenters. The van der Waals surface area contributed by atoms with E-state index in [1.54, 1.807) is 7.11 Å². The number of halogens is 1. The molecular weight excluding hydrogens is 314 g/mol. The second-order valence-corrected chi connectivity index (χ2v) is 5.85. The first-order valence-corrected chi connectivity index (χ1v) is 7.44. The van der Waals surface area contributed by atoms with Crippen molar-refractivity contribution in [3.05, 3.63) is 63.1 Å². The van der Waals surface area contributed by atoms with Crippen LogP contribution in [0.25, 0.3) is 0 Å². The van der Waals surface area contributed by atoms with Crippen LogP contribution in [0.15, 0.2) is 40.9 Å². The van der Waals surface area contributed by atoms with Gasteiger partial charge in [0.2, 0.25) is 0 Å². The zero-order valence-corrected chi connectivity index (χ0v) is 13.9. The Morgan fingerprint density at radius 2 is 1.60 bits per heavy atom. The van der Waals surface area contributed by atoms with Crippen molar-refractivity contribution < 1.29 is 4.74 Å². The third kappa shape index (κ3) is 3.05. The molecule has 2 nitrogen and oxygen atoms in total. The summed E-state index contributed by atoms with van der Waals surface area (Å²) in [5.74, 6) is 0.906. The topological polar surface area (TPSA) is 21.3 Å². The van der Waals surface area contributed by atoms with Crippen LogP contribution in [0.1, 0.15) is 28.3 Å². The highest BCUT2D eigenvalue weighted by Crippen LogP contribution is 2.34. The normalized spacial score (nSPS) is 12.2. The van der Waals surface area contributed by atoms with Gasteiger partial charge in [-0.15, -0.1) is 0 Å². The number of hydrogen-bond acceptors (Lipinski definition) is 2. The molecule has 0 aliphatic rings. The van der Waals surface area contributed by atoms with Crippen LogP contribution < -0.4 is 10.1 Å². The van der Waals surface area contributed by atoms with Crippen molar-refractivity contribution in [1.82, 2.24) is 5.32 Å². The van der Waals surface area contributed by atoms with Gasteiger partial charge in [-0.25, -0.2) is 0 Å². The Balaban J connectivity index is 2.57. The number of ether oxygens (including phenoxy) is 1. The van der Waals surface area contributed by atoms with Crippen LogP contribution in [0.5, 0.6) is 5.75 Å². The Morgan fingerprint density at radius 3 is 2.20 bits per heavy atom. The fraction of sp³-hybridized carbons (Fsp3) is 0.294. The van der Waals surface area contributed by atoms with Gasteiger partial charge >= 0.3 is 0 Å².